The quantitative estimate of drug-likeness (QED) is 0.231. The van der Waals surface area contributed by atoms with E-state index in [1.165, 1.54) is 22.3 Å². The van der Waals surface area contributed by atoms with Gasteiger partial charge in [-0.15, -0.1) is 11.3 Å². The summed E-state index contributed by atoms with van der Waals surface area (Å²) >= 11 is 7.73. The maximum Gasteiger partial charge on any atom is 0.282 e. The van der Waals surface area contributed by atoms with Gasteiger partial charge in [-0.3, -0.25) is 9.48 Å². The van der Waals surface area contributed by atoms with E-state index in [9.17, 15) is 35.3 Å². The van der Waals surface area contributed by atoms with Gasteiger partial charge in [0, 0.05) is 41.4 Å². The highest BCUT2D eigenvalue weighted by molar-refractivity contribution is 7.84. The van der Waals surface area contributed by atoms with E-state index in [2.05, 4.69) is 10.3 Å². The molecule has 1 aromatic carbocycles. The van der Waals surface area contributed by atoms with Crippen molar-refractivity contribution in [2.75, 3.05) is 13.1 Å². The number of piperidine rings is 1. The molecule has 42 heavy (non-hydrogen) atoms. The van der Waals surface area contributed by atoms with Crippen LogP contribution in [0.2, 0.25) is 5.02 Å². The fourth-order valence-corrected chi connectivity index (χ4v) is 6.96. The van der Waals surface area contributed by atoms with Gasteiger partial charge in [0.2, 0.25) is 5.91 Å². The van der Waals surface area contributed by atoms with Crippen molar-refractivity contribution in [1.29, 1.82) is 0 Å². The Hall–Kier alpha value is -3.08. The molecule has 1 amide bonds. The molecule has 2 aliphatic heterocycles. The molecule has 0 spiro atoms. The van der Waals surface area contributed by atoms with Crippen LogP contribution in [0, 0.1) is 0 Å². The van der Waals surface area contributed by atoms with E-state index in [0.717, 1.165) is 5.01 Å². The number of likely N-dealkylation sites (tertiary alicyclic amines) is 1. The van der Waals surface area contributed by atoms with Crippen molar-refractivity contribution in [1.82, 2.24) is 19.7 Å². The number of benzene rings is 1. The second kappa shape index (κ2) is 12.3. The van der Waals surface area contributed by atoms with Crippen molar-refractivity contribution in [3.8, 4) is 0 Å². The molecule has 3 aromatic rings. The monoisotopic (exact) mass is 648 g/mol. The summed E-state index contributed by atoms with van der Waals surface area (Å²) in [6.07, 6.45) is -5.40. The fraction of sp³-hybridized carbons (Fsp3) is 0.440. The molecule has 0 unspecified atom stereocenters. The van der Waals surface area contributed by atoms with Crippen LogP contribution in [0.15, 0.2) is 34.8 Å². The van der Waals surface area contributed by atoms with E-state index in [1.807, 2.05) is 5.38 Å². The lowest BCUT2D eigenvalue weighted by molar-refractivity contribution is -0.133. The number of nitrogens with zero attached hydrogens (tertiary/aromatic N) is 5. The maximum absolute atomic E-state index is 13.3. The summed E-state index contributed by atoms with van der Waals surface area (Å²) in [6, 6.07) is 5.24. The second-order valence-corrected chi connectivity index (χ2v) is 12.5. The highest BCUT2D eigenvalue weighted by Gasteiger charge is 2.32. The molecule has 1 atom stereocenters. The minimum absolute atomic E-state index is 0.0238. The summed E-state index contributed by atoms with van der Waals surface area (Å²) < 4.78 is 87.1. The third-order valence-corrected chi connectivity index (χ3v) is 9.04. The number of carbonyl (C=O) groups is 1. The zero-order chi connectivity index (χ0) is 30.2. The zero-order valence-electron chi connectivity index (χ0n) is 21.6. The Labute approximate surface area is 246 Å². The lowest BCUT2D eigenvalue weighted by Crippen LogP contribution is -2.40. The molecule has 1 fully saturated rings. The summed E-state index contributed by atoms with van der Waals surface area (Å²) in [7, 11) is -4.55. The van der Waals surface area contributed by atoms with Crippen molar-refractivity contribution < 1.29 is 40.2 Å². The minimum Gasteiger partial charge on any atom is -0.748 e. The average molecular weight is 649 g/mol. The van der Waals surface area contributed by atoms with E-state index < -0.39 is 58.7 Å². The molecule has 2 aliphatic rings. The Morgan fingerprint density at radius 3 is 2.60 bits per heavy atom. The molecule has 10 nitrogen and oxygen atoms in total. The number of halogens is 5. The molecular formula is C25H23ClF4N5O5S2-. The predicted octanol–water partition coefficient (Wildman–Crippen LogP) is 5.19. The van der Waals surface area contributed by atoms with Crippen LogP contribution in [-0.4, -0.2) is 57.3 Å². The molecule has 0 saturated carbocycles. The summed E-state index contributed by atoms with van der Waals surface area (Å²) in [5.41, 5.74) is 0.198. The molecule has 5 rings (SSSR count). The van der Waals surface area contributed by atoms with E-state index in [0.29, 0.717) is 53.6 Å². The van der Waals surface area contributed by atoms with Crippen LogP contribution in [0.3, 0.4) is 0 Å². The van der Waals surface area contributed by atoms with Crippen LogP contribution in [0.4, 0.5) is 17.6 Å². The number of alkyl halides is 4. The molecule has 0 radical (unpaired) electrons. The average Bonchev–Trinajstić information content (AvgIpc) is 3.68. The van der Waals surface area contributed by atoms with Gasteiger partial charge in [-0.25, -0.2) is 31.0 Å². The molecule has 4 heterocycles. The Morgan fingerprint density at radius 1 is 1.19 bits per heavy atom. The highest BCUT2D eigenvalue weighted by Crippen LogP contribution is 2.38. The van der Waals surface area contributed by atoms with Crippen LogP contribution in [0.5, 0.6) is 0 Å². The van der Waals surface area contributed by atoms with E-state index in [4.69, 9.17) is 21.4 Å². The second-order valence-electron chi connectivity index (χ2n) is 9.83. The Morgan fingerprint density at radius 2 is 1.93 bits per heavy atom. The lowest BCUT2D eigenvalue weighted by atomic mass is 9.97. The van der Waals surface area contributed by atoms with Crippen LogP contribution in [0.1, 0.15) is 77.4 Å². The first kappa shape index (κ1) is 30.4. The summed E-state index contributed by atoms with van der Waals surface area (Å²) in [4.78, 5) is 24.5. The van der Waals surface area contributed by atoms with Gasteiger partial charge < -0.3 is 14.3 Å². The molecule has 1 saturated heterocycles. The first-order valence-corrected chi connectivity index (χ1v) is 15.5. The van der Waals surface area contributed by atoms with Gasteiger partial charge in [0.05, 0.1) is 26.6 Å². The maximum atomic E-state index is 13.3. The SMILES string of the molecule is O=C(Cn1nc(C(F)F)cc1C(F)F)N1CCC(c2nc(C3=NO[C@H](c4c(Cl)cccc4CS(=O)(=O)[O-])C3)cs2)CC1. The Bertz CT molecular complexity index is 1610. The van der Waals surface area contributed by atoms with Crippen molar-refractivity contribution in [2.24, 2.45) is 5.16 Å². The van der Waals surface area contributed by atoms with Crippen LogP contribution < -0.4 is 0 Å². The van der Waals surface area contributed by atoms with Crippen molar-refractivity contribution in [2.45, 2.75) is 56.4 Å². The van der Waals surface area contributed by atoms with Crippen molar-refractivity contribution in [3.05, 3.63) is 67.9 Å². The molecule has 2 aromatic heterocycles. The number of hydrogen-bond acceptors (Lipinski definition) is 9. The first-order valence-electron chi connectivity index (χ1n) is 12.7. The molecule has 0 bridgehead atoms. The number of hydrogen-bond donors (Lipinski definition) is 0. The van der Waals surface area contributed by atoms with E-state index in [-0.39, 0.29) is 22.9 Å². The first-order chi connectivity index (χ1) is 19.9. The van der Waals surface area contributed by atoms with Crippen LogP contribution in [0.25, 0.3) is 0 Å². The van der Waals surface area contributed by atoms with Gasteiger partial charge in [0.15, 0.2) is 6.10 Å². The van der Waals surface area contributed by atoms with Gasteiger partial charge in [-0.05, 0) is 30.5 Å². The summed E-state index contributed by atoms with van der Waals surface area (Å²) in [5.74, 6) is -1.20. The number of aromatic nitrogens is 3. The van der Waals surface area contributed by atoms with Gasteiger partial charge in [0.1, 0.15) is 23.6 Å². The van der Waals surface area contributed by atoms with Gasteiger partial charge in [0.25, 0.3) is 12.9 Å². The normalized spacial score (nSPS) is 18.1. The van der Waals surface area contributed by atoms with E-state index >= 15 is 0 Å². The third kappa shape index (κ3) is 6.76. The highest BCUT2D eigenvalue weighted by atomic mass is 35.5. The van der Waals surface area contributed by atoms with Crippen LogP contribution in [-0.2, 0) is 32.0 Å². The molecular weight excluding hydrogens is 626 g/mol. The number of carbonyl (C=O) groups excluding carboxylic acids is 1. The molecule has 0 aliphatic carbocycles. The molecule has 226 valence electrons. The number of rotatable bonds is 9. The number of oxime groups is 1. The van der Waals surface area contributed by atoms with E-state index in [1.54, 1.807) is 12.1 Å². The number of thiazole rings is 1. The lowest BCUT2D eigenvalue weighted by Gasteiger charge is -2.31. The standard InChI is InChI=1S/C25H24ClF4N5O5S2/c26-15-3-1-2-14(12-42(37,38)39)22(15)20-9-16(33-40-20)18-11-41-25(31-18)13-4-6-34(7-5-13)21(36)10-35-19(24(29)30)8-17(32-35)23(27)28/h1-3,8,11,13,20,23-24H,4-7,9-10,12H2,(H,37,38,39)/p-1/t20-/m0/s1. The number of amides is 1. The largest absolute Gasteiger partial charge is 0.748 e. The topological polar surface area (TPSA) is 130 Å². The van der Waals surface area contributed by atoms with Crippen molar-refractivity contribution >= 4 is 44.7 Å². The zero-order valence-corrected chi connectivity index (χ0v) is 24.0. The van der Waals surface area contributed by atoms with Gasteiger partial charge >= 0.3 is 0 Å². The van der Waals surface area contributed by atoms with Gasteiger partial charge in [-0.2, -0.15) is 5.10 Å². The summed E-state index contributed by atoms with van der Waals surface area (Å²) in [5, 5.41) is 10.5. The third-order valence-electron chi connectivity index (χ3n) is 7.04. The Balaban J connectivity index is 1.19. The fourth-order valence-electron chi connectivity index (χ4n) is 5.01. The molecule has 17 heteroatoms. The molecule has 0 N–H and O–H groups in total. The van der Waals surface area contributed by atoms with Crippen molar-refractivity contribution in [3.63, 3.8) is 0 Å². The minimum atomic E-state index is -4.55. The van der Waals surface area contributed by atoms with Gasteiger partial charge in [-0.1, -0.05) is 28.9 Å². The summed E-state index contributed by atoms with van der Waals surface area (Å²) in [6.45, 7) is 0.0954. The predicted molar refractivity (Wildman–Crippen MR) is 143 cm³/mol. The smallest absolute Gasteiger partial charge is 0.282 e. The Kier molecular flexibility index (Phi) is 8.87. The van der Waals surface area contributed by atoms with Crippen LogP contribution >= 0.6 is 22.9 Å².